The van der Waals surface area contributed by atoms with Crippen molar-refractivity contribution in [1.29, 1.82) is 0 Å². The van der Waals surface area contributed by atoms with Crippen molar-refractivity contribution in [2.24, 2.45) is 0 Å². The van der Waals surface area contributed by atoms with E-state index in [1.54, 1.807) is 0 Å². The summed E-state index contributed by atoms with van der Waals surface area (Å²) >= 11 is 0. The summed E-state index contributed by atoms with van der Waals surface area (Å²) in [5, 5.41) is 6.26. The predicted molar refractivity (Wildman–Crippen MR) is 333 cm³/mol. The molecule has 2 N–H and O–H groups in total. The Bertz CT molecular complexity index is 950. The maximum absolute atomic E-state index is 12.3. The molecule has 0 aliphatic heterocycles. The summed E-state index contributed by atoms with van der Waals surface area (Å²) in [6.45, 7) is 6.20. The highest BCUT2D eigenvalue weighted by atomic mass is 16.2. The van der Waals surface area contributed by atoms with E-state index in [-0.39, 0.29) is 11.8 Å². The summed E-state index contributed by atoms with van der Waals surface area (Å²) in [5.74, 6) is 0.461. The third-order valence-electron chi connectivity index (χ3n) is 16.8. The Balaban J connectivity index is 3.21. The normalized spacial score (nSPS) is 11.5. The molecule has 0 bridgehead atoms. The molecule has 0 aromatic rings. The molecule has 0 aliphatic carbocycles. The molecule has 2 amide bonds. The minimum absolute atomic E-state index is 0.230. The second-order valence-corrected chi connectivity index (χ2v) is 24.4. The van der Waals surface area contributed by atoms with Crippen LogP contribution in [0.1, 0.15) is 425 Å². The highest BCUT2D eigenvalue weighted by Gasteiger charge is 2.04. The second kappa shape index (κ2) is 68.0. The number of unbranched alkanes of at least 4 members (excludes halogenated alkanes) is 59. The molecule has 4 heteroatoms. The van der Waals surface area contributed by atoms with Crippen LogP contribution in [0.5, 0.6) is 0 Å². The maximum atomic E-state index is 12.3. The van der Waals surface area contributed by atoms with E-state index in [0.29, 0.717) is 12.8 Å². The van der Waals surface area contributed by atoms with Crippen LogP contribution in [-0.4, -0.2) is 24.9 Å². The molecule has 0 aromatic heterocycles. The Hall–Kier alpha value is -1.06. The van der Waals surface area contributed by atoms with Crippen molar-refractivity contribution in [3.63, 3.8) is 0 Å². The zero-order valence-corrected chi connectivity index (χ0v) is 51.5. The summed E-state index contributed by atoms with van der Waals surface area (Å²) in [6.07, 6.45) is 87.9. The molecule has 0 aromatic carbocycles. The lowest BCUT2D eigenvalue weighted by Crippen LogP contribution is -2.24. The fraction of sp³-hybridized carbons (Fsp3) is 0.971. The number of nitrogens with one attached hydrogen (secondary N) is 2. The lowest BCUT2D eigenvalue weighted by Gasteiger charge is -2.07. The number of amides is 2. The molecule has 0 fully saturated rings. The third-order valence-corrected chi connectivity index (χ3v) is 16.8. The van der Waals surface area contributed by atoms with Gasteiger partial charge in [0.15, 0.2) is 0 Å². The SMILES string of the molecule is CCCCCCCCCCCCCCCCCCCCCCCCCCCCCCCC(=O)NCCCCCCNC(=O)CCCCCCCCCCCCCCCCCCCCCCCCCCCCCCC. The minimum atomic E-state index is 0.230. The summed E-state index contributed by atoms with van der Waals surface area (Å²) in [4.78, 5) is 24.5. The van der Waals surface area contributed by atoms with Crippen LogP contribution in [-0.2, 0) is 9.59 Å². The Morgan fingerprint density at radius 1 is 0.176 bits per heavy atom. The first-order chi connectivity index (χ1) is 36.7. The predicted octanol–water partition coefficient (Wildman–Crippen LogP) is 24.2. The van der Waals surface area contributed by atoms with Crippen LogP contribution in [0.2, 0.25) is 0 Å². The summed E-state index contributed by atoms with van der Waals surface area (Å²) in [5.41, 5.74) is 0. The zero-order valence-electron chi connectivity index (χ0n) is 51.5. The first-order valence-corrected chi connectivity index (χ1v) is 35.2. The molecule has 442 valence electrons. The van der Waals surface area contributed by atoms with Crippen LogP contribution in [0.4, 0.5) is 0 Å². The van der Waals surface area contributed by atoms with Crippen molar-refractivity contribution in [2.45, 2.75) is 425 Å². The smallest absolute Gasteiger partial charge is 0.219 e. The van der Waals surface area contributed by atoms with E-state index >= 15 is 0 Å². The van der Waals surface area contributed by atoms with E-state index in [2.05, 4.69) is 24.5 Å². The third kappa shape index (κ3) is 67.1. The van der Waals surface area contributed by atoms with Gasteiger partial charge in [-0.3, -0.25) is 9.59 Å². The molecule has 0 aliphatic rings. The summed E-state index contributed by atoms with van der Waals surface area (Å²) < 4.78 is 0. The number of hydrogen-bond donors (Lipinski definition) is 2. The van der Waals surface area contributed by atoms with E-state index in [0.717, 1.165) is 51.6 Å². The van der Waals surface area contributed by atoms with Crippen molar-refractivity contribution < 1.29 is 9.59 Å². The number of carbonyl (C=O) groups is 2. The number of carbonyl (C=O) groups excluding carboxylic acids is 2. The second-order valence-electron chi connectivity index (χ2n) is 24.4. The van der Waals surface area contributed by atoms with Crippen molar-refractivity contribution in [1.82, 2.24) is 10.6 Å². The van der Waals surface area contributed by atoms with Gasteiger partial charge in [0.25, 0.3) is 0 Å². The Kier molecular flexibility index (Phi) is 67.1. The van der Waals surface area contributed by atoms with E-state index < -0.39 is 0 Å². The molecule has 4 nitrogen and oxygen atoms in total. The summed E-state index contributed by atoms with van der Waals surface area (Å²) in [6, 6.07) is 0. The number of rotatable bonds is 67. The largest absolute Gasteiger partial charge is 0.356 e. The molecule has 0 unspecified atom stereocenters. The molecule has 0 saturated carbocycles. The Morgan fingerprint density at radius 3 is 0.446 bits per heavy atom. The first kappa shape index (κ1) is 72.9. The van der Waals surface area contributed by atoms with Gasteiger partial charge in [-0.2, -0.15) is 0 Å². The molecule has 0 atom stereocenters. The van der Waals surface area contributed by atoms with Crippen molar-refractivity contribution in [3.8, 4) is 0 Å². The summed E-state index contributed by atoms with van der Waals surface area (Å²) in [7, 11) is 0. The van der Waals surface area contributed by atoms with Gasteiger partial charge >= 0.3 is 0 Å². The molecule has 0 saturated heterocycles. The van der Waals surface area contributed by atoms with Gasteiger partial charge in [-0.25, -0.2) is 0 Å². The quantitative estimate of drug-likeness (QED) is 0.0597. The molecule has 0 spiro atoms. The molecule has 74 heavy (non-hydrogen) atoms. The van der Waals surface area contributed by atoms with Gasteiger partial charge in [-0.15, -0.1) is 0 Å². The number of hydrogen-bond acceptors (Lipinski definition) is 2. The topological polar surface area (TPSA) is 58.2 Å². The van der Waals surface area contributed by atoms with Gasteiger partial charge < -0.3 is 10.6 Å². The lowest BCUT2D eigenvalue weighted by molar-refractivity contribution is -0.122. The van der Waals surface area contributed by atoms with E-state index in [1.807, 2.05) is 0 Å². The van der Waals surface area contributed by atoms with Crippen LogP contribution < -0.4 is 10.6 Å². The lowest BCUT2D eigenvalue weighted by atomic mass is 10.0. The van der Waals surface area contributed by atoms with Crippen molar-refractivity contribution >= 4 is 11.8 Å². The average Bonchev–Trinajstić information content (AvgIpc) is 3.40. The minimum Gasteiger partial charge on any atom is -0.356 e. The van der Waals surface area contributed by atoms with Gasteiger partial charge in [0, 0.05) is 25.9 Å². The molecular weight excluding hydrogens is 901 g/mol. The molecule has 0 rings (SSSR count). The molecular formula is C70H140N2O2. The van der Waals surface area contributed by atoms with Gasteiger partial charge in [0.1, 0.15) is 0 Å². The fourth-order valence-corrected chi connectivity index (χ4v) is 11.5. The average molecular weight is 1040 g/mol. The highest BCUT2D eigenvalue weighted by molar-refractivity contribution is 5.76. The van der Waals surface area contributed by atoms with Crippen molar-refractivity contribution in [2.75, 3.05) is 13.1 Å². The first-order valence-electron chi connectivity index (χ1n) is 35.2. The van der Waals surface area contributed by atoms with Crippen LogP contribution in [0.15, 0.2) is 0 Å². The standard InChI is InChI=1S/C70H140N2O2/c1-3-5-7-9-11-13-15-17-19-21-23-25-27-29-31-33-35-37-39-41-43-45-47-49-51-53-55-57-61-65-69(73)71-67-63-59-60-64-68-72-70(74)66-62-58-56-54-52-50-48-46-44-42-40-38-36-34-32-30-28-26-24-22-20-18-16-14-12-10-8-6-4-2/h3-68H2,1-2H3,(H,71,73)(H,72,74). The van der Waals surface area contributed by atoms with Crippen LogP contribution in [0, 0.1) is 0 Å². The van der Waals surface area contributed by atoms with Gasteiger partial charge in [0.05, 0.1) is 0 Å². The Labute approximate surface area is 467 Å². The van der Waals surface area contributed by atoms with Crippen LogP contribution >= 0.6 is 0 Å². The van der Waals surface area contributed by atoms with E-state index in [4.69, 9.17) is 0 Å². The van der Waals surface area contributed by atoms with E-state index in [1.165, 1.54) is 360 Å². The monoisotopic (exact) mass is 1040 g/mol. The highest BCUT2D eigenvalue weighted by Crippen LogP contribution is 2.19. The molecule has 0 heterocycles. The maximum Gasteiger partial charge on any atom is 0.219 e. The molecule has 0 radical (unpaired) electrons. The Morgan fingerprint density at radius 2 is 0.297 bits per heavy atom. The van der Waals surface area contributed by atoms with Gasteiger partial charge in [-0.05, 0) is 25.7 Å². The fourth-order valence-electron chi connectivity index (χ4n) is 11.5. The van der Waals surface area contributed by atoms with Crippen LogP contribution in [0.25, 0.3) is 0 Å². The van der Waals surface area contributed by atoms with Gasteiger partial charge in [-0.1, -0.05) is 386 Å². The van der Waals surface area contributed by atoms with Gasteiger partial charge in [0.2, 0.25) is 11.8 Å². The van der Waals surface area contributed by atoms with E-state index in [9.17, 15) is 9.59 Å². The zero-order chi connectivity index (χ0) is 53.2. The van der Waals surface area contributed by atoms with Crippen molar-refractivity contribution in [3.05, 3.63) is 0 Å². The van der Waals surface area contributed by atoms with Crippen LogP contribution in [0.3, 0.4) is 0 Å².